The van der Waals surface area contributed by atoms with Crippen LogP contribution in [0.4, 0.5) is 13.2 Å². The maximum atomic E-state index is 13.2. The van der Waals surface area contributed by atoms with Gasteiger partial charge in [-0.15, -0.1) is 0 Å². The first-order valence-corrected chi connectivity index (χ1v) is 7.52. The van der Waals surface area contributed by atoms with Gasteiger partial charge in [0, 0.05) is 6.04 Å². The summed E-state index contributed by atoms with van der Waals surface area (Å²) in [5, 5.41) is 0. The van der Waals surface area contributed by atoms with Crippen LogP contribution in [0.5, 0.6) is 0 Å². The summed E-state index contributed by atoms with van der Waals surface area (Å²) in [6, 6.07) is 5.70. The van der Waals surface area contributed by atoms with Crippen LogP contribution < -0.4 is 5.73 Å². The molecule has 0 aromatic heterocycles. The number of rotatable bonds is 1. The molecule has 1 aliphatic rings. The highest BCUT2D eigenvalue weighted by atomic mass is 19.4. The Hall–Kier alpha value is -1.03. The highest BCUT2D eigenvalue weighted by Crippen LogP contribution is 2.46. The molecule has 1 aromatic carbocycles. The van der Waals surface area contributed by atoms with Crippen molar-refractivity contribution in [1.29, 1.82) is 0 Å². The standard InChI is InChI=1S/C17H24F3N/c1-16(2,3)11-8-9-15(21)13(10-11)12-6-4-5-7-14(12)17(18,19)20/h4-7,11,13,15H,8-10,21H2,1-3H3. The molecule has 1 saturated carbocycles. The Morgan fingerprint density at radius 2 is 1.67 bits per heavy atom. The summed E-state index contributed by atoms with van der Waals surface area (Å²) in [7, 11) is 0. The van der Waals surface area contributed by atoms with Crippen molar-refractivity contribution in [2.45, 2.75) is 58.2 Å². The van der Waals surface area contributed by atoms with Crippen LogP contribution in [0.3, 0.4) is 0 Å². The van der Waals surface area contributed by atoms with Gasteiger partial charge in [-0.05, 0) is 48.1 Å². The third kappa shape index (κ3) is 3.60. The Morgan fingerprint density at radius 1 is 1.05 bits per heavy atom. The van der Waals surface area contributed by atoms with Gasteiger partial charge in [-0.2, -0.15) is 13.2 Å². The van der Waals surface area contributed by atoms with Gasteiger partial charge in [0.15, 0.2) is 0 Å². The summed E-state index contributed by atoms with van der Waals surface area (Å²) in [5.41, 5.74) is 6.10. The molecule has 4 heteroatoms. The normalized spacial score (nSPS) is 27.7. The smallest absolute Gasteiger partial charge is 0.327 e. The lowest BCUT2D eigenvalue weighted by atomic mass is 9.66. The van der Waals surface area contributed by atoms with E-state index < -0.39 is 11.7 Å². The van der Waals surface area contributed by atoms with E-state index in [9.17, 15) is 13.2 Å². The van der Waals surface area contributed by atoms with Gasteiger partial charge in [-0.25, -0.2) is 0 Å². The number of nitrogens with two attached hydrogens (primary N) is 1. The van der Waals surface area contributed by atoms with Crippen LogP contribution in [0.1, 0.15) is 57.1 Å². The Labute approximate surface area is 124 Å². The molecular formula is C17H24F3N. The van der Waals surface area contributed by atoms with Gasteiger partial charge in [-0.1, -0.05) is 39.0 Å². The van der Waals surface area contributed by atoms with E-state index in [4.69, 9.17) is 5.73 Å². The van der Waals surface area contributed by atoms with Crippen LogP contribution in [0, 0.1) is 11.3 Å². The molecule has 118 valence electrons. The zero-order valence-corrected chi connectivity index (χ0v) is 12.9. The predicted molar refractivity (Wildman–Crippen MR) is 79.0 cm³/mol. The molecule has 3 atom stereocenters. The number of halogens is 3. The fourth-order valence-electron chi connectivity index (χ4n) is 3.42. The second kappa shape index (κ2) is 5.64. The Kier molecular flexibility index (Phi) is 4.39. The number of hydrogen-bond donors (Lipinski definition) is 1. The average Bonchev–Trinajstić information content (AvgIpc) is 2.37. The molecule has 0 amide bonds. The van der Waals surface area contributed by atoms with Crippen molar-refractivity contribution in [2.24, 2.45) is 17.1 Å². The Bertz CT molecular complexity index is 488. The molecule has 0 radical (unpaired) electrons. The lowest BCUT2D eigenvalue weighted by Gasteiger charge is -2.41. The maximum absolute atomic E-state index is 13.2. The highest BCUT2D eigenvalue weighted by Gasteiger charge is 2.40. The van der Waals surface area contributed by atoms with E-state index in [1.54, 1.807) is 12.1 Å². The van der Waals surface area contributed by atoms with Crippen molar-refractivity contribution in [3.63, 3.8) is 0 Å². The quantitative estimate of drug-likeness (QED) is 0.779. The van der Waals surface area contributed by atoms with Crippen molar-refractivity contribution in [2.75, 3.05) is 0 Å². The van der Waals surface area contributed by atoms with Crippen LogP contribution in [0.2, 0.25) is 0 Å². The third-order valence-electron chi connectivity index (χ3n) is 4.79. The minimum Gasteiger partial charge on any atom is -0.327 e. The van der Waals surface area contributed by atoms with Crippen molar-refractivity contribution >= 4 is 0 Å². The summed E-state index contributed by atoms with van der Waals surface area (Å²) < 4.78 is 39.7. The number of hydrogen-bond acceptors (Lipinski definition) is 1. The second-order valence-electron chi connectivity index (χ2n) is 7.23. The summed E-state index contributed by atoms with van der Waals surface area (Å²) in [5.74, 6) is 0.199. The molecule has 1 aromatic rings. The lowest BCUT2D eigenvalue weighted by Crippen LogP contribution is -2.39. The van der Waals surface area contributed by atoms with Gasteiger partial charge in [0.05, 0.1) is 5.56 Å². The van der Waals surface area contributed by atoms with E-state index in [1.807, 2.05) is 0 Å². The van der Waals surface area contributed by atoms with Crippen LogP contribution in [0.15, 0.2) is 24.3 Å². The zero-order valence-electron chi connectivity index (χ0n) is 12.9. The van der Waals surface area contributed by atoms with E-state index in [0.29, 0.717) is 11.5 Å². The molecule has 3 unspecified atom stereocenters. The molecule has 2 rings (SSSR count). The minimum absolute atomic E-state index is 0.103. The van der Waals surface area contributed by atoms with E-state index in [-0.39, 0.29) is 17.4 Å². The lowest BCUT2D eigenvalue weighted by molar-refractivity contribution is -0.138. The Balaban J connectivity index is 2.36. The predicted octanol–water partition coefficient (Wildman–Crippen LogP) is 4.96. The molecular weight excluding hydrogens is 275 g/mol. The first-order chi connectivity index (χ1) is 9.60. The number of benzene rings is 1. The molecule has 0 spiro atoms. The fourth-order valence-corrected chi connectivity index (χ4v) is 3.42. The fraction of sp³-hybridized carbons (Fsp3) is 0.647. The van der Waals surface area contributed by atoms with Gasteiger partial charge in [0.25, 0.3) is 0 Å². The molecule has 1 aliphatic carbocycles. The van der Waals surface area contributed by atoms with E-state index in [0.717, 1.165) is 19.3 Å². The van der Waals surface area contributed by atoms with Crippen molar-refractivity contribution in [3.05, 3.63) is 35.4 Å². The van der Waals surface area contributed by atoms with Gasteiger partial charge in [0.2, 0.25) is 0 Å². The van der Waals surface area contributed by atoms with Crippen LogP contribution in [-0.4, -0.2) is 6.04 Å². The highest BCUT2D eigenvalue weighted by molar-refractivity contribution is 5.34. The van der Waals surface area contributed by atoms with Gasteiger partial charge >= 0.3 is 6.18 Å². The van der Waals surface area contributed by atoms with E-state index >= 15 is 0 Å². The van der Waals surface area contributed by atoms with Crippen molar-refractivity contribution in [1.82, 2.24) is 0 Å². The van der Waals surface area contributed by atoms with Gasteiger partial charge in [-0.3, -0.25) is 0 Å². The monoisotopic (exact) mass is 299 g/mol. The molecule has 21 heavy (non-hydrogen) atoms. The van der Waals surface area contributed by atoms with Gasteiger partial charge < -0.3 is 5.73 Å². The molecule has 2 N–H and O–H groups in total. The van der Waals surface area contributed by atoms with Crippen LogP contribution >= 0.6 is 0 Å². The van der Waals surface area contributed by atoms with Gasteiger partial charge in [0.1, 0.15) is 0 Å². The Morgan fingerprint density at radius 3 is 2.24 bits per heavy atom. The van der Waals surface area contributed by atoms with Crippen LogP contribution in [-0.2, 0) is 6.18 Å². The largest absolute Gasteiger partial charge is 0.416 e. The first-order valence-electron chi connectivity index (χ1n) is 7.52. The van der Waals surface area contributed by atoms with Crippen LogP contribution in [0.25, 0.3) is 0 Å². The molecule has 0 aliphatic heterocycles. The van der Waals surface area contributed by atoms with E-state index in [1.165, 1.54) is 12.1 Å². The topological polar surface area (TPSA) is 26.0 Å². The molecule has 0 saturated heterocycles. The van der Waals surface area contributed by atoms with E-state index in [2.05, 4.69) is 20.8 Å². The summed E-state index contributed by atoms with van der Waals surface area (Å²) in [4.78, 5) is 0. The molecule has 0 heterocycles. The molecule has 0 bridgehead atoms. The first kappa shape index (κ1) is 16.3. The molecule has 1 fully saturated rings. The average molecular weight is 299 g/mol. The summed E-state index contributed by atoms with van der Waals surface area (Å²) >= 11 is 0. The zero-order chi connectivity index (χ0) is 15.8. The third-order valence-corrected chi connectivity index (χ3v) is 4.79. The SMILES string of the molecule is CC(C)(C)C1CCC(N)C(c2ccccc2C(F)(F)F)C1. The summed E-state index contributed by atoms with van der Waals surface area (Å²) in [6.07, 6.45) is -1.79. The summed E-state index contributed by atoms with van der Waals surface area (Å²) in [6.45, 7) is 6.46. The minimum atomic E-state index is -4.31. The second-order valence-corrected chi connectivity index (χ2v) is 7.23. The van der Waals surface area contributed by atoms with Crippen molar-refractivity contribution < 1.29 is 13.2 Å². The molecule has 1 nitrogen and oxygen atoms in total. The van der Waals surface area contributed by atoms with Crippen molar-refractivity contribution in [3.8, 4) is 0 Å². The number of alkyl halides is 3. The maximum Gasteiger partial charge on any atom is 0.416 e.